The zero-order chi connectivity index (χ0) is 7.56. The number of hydrogen-bond acceptors (Lipinski definition) is 2. The molecule has 2 heteroatoms. The van der Waals surface area contributed by atoms with Gasteiger partial charge in [-0.1, -0.05) is 20.3 Å². The van der Waals surface area contributed by atoms with Crippen LogP contribution in [0.1, 0.15) is 33.1 Å². The molecule has 0 unspecified atom stereocenters. The number of rotatable bonds is 2. The molecule has 2 nitrogen and oxygen atoms in total. The first-order chi connectivity index (χ1) is 4.70. The highest BCUT2D eigenvalue weighted by Crippen LogP contribution is 2.17. The summed E-state index contributed by atoms with van der Waals surface area (Å²) >= 11 is 0. The largest absolute Gasteiger partial charge is 0.326 e. The first-order valence-corrected chi connectivity index (χ1v) is 4.22. The molecule has 1 fully saturated rings. The molecule has 0 aromatic rings. The van der Waals surface area contributed by atoms with Crippen molar-refractivity contribution in [2.24, 2.45) is 5.73 Å². The van der Waals surface area contributed by atoms with Crippen LogP contribution in [0.5, 0.6) is 0 Å². The molecule has 0 aromatic carbocycles. The Morgan fingerprint density at radius 3 is 2.50 bits per heavy atom. The van der Waals surface area contributed by atoms with Crippen LogP contribution in [-0.4, -0.2) is 18.1 Å². The smallest absolute Gasteiger partial charge is 0.0221 e. The van der Waals surface area contributed by atoms with E-state index in [1.165, 1.54) is 19.3 Å². The van der Waals surface area contributed by atoms with Gasteiger partial charge in [0.1, 0.15) is 0 Å². The molecule has 60 valence electrons. The monoisotopic (exact) mass is 142 g/mol. The van der Waals surface area contributed by atoms with Gasteiger partial charge in [0, 0.05) is 18.1 Å². The summed E-state index contributed by atoms with van der Waals surface area (Å²) in [7, 11) is 0. The normalized spacial score (nSPS) is 33.6. The Balaban J connectivity index is 2.26. The zero-order valence-corrected chi connectivity index (χ0v) is 6.93. The fourth-order valence-electron chi connectivity index (χ4n) is 1.62. The molecule has 3 N–H and O–H groups in total. The lowest BCUT2D eigenvalue weighted by Crippen LogP contribution is -2.43. The van der Waals surface area contributed by atoms with E-state index in [-0.39, 0.29) is 0 Å². The van der Waals surface area contributed by atoms with Gasteiger partial charge in [-0.25, -0.2) is 0 Å². The highest BCUT2D eigenvalue weighted by Gasteiger charge is 2.23. The predicted octanol–water partition coefficient (Wildman–Crippen LogP) is 0.864. The third-order valence-corrected chi connectivity index (χ3v) is 2.12. The second-order valence-electron chi connectivity index (χ2n) is 3.52. The summed E-state index contributed by atoms with van der Waals surface area (Å²) in [6, 6.07) is 1.57. The summed E-state index contributed by atoms with van der Waals surface area (Å²) in [5.74, 6) is 0. The molecule has 0 radical (unpaired) electrons. The Bertz CT molecular complexity index is 101. The minimum Gasteiger partial charge on any atom is -0.326 e. The van der Waals surface area contributed by atoms with Gasteiger partial charge >= 0.3 is 0 Å². The van der Waals surface area contributed by atoms with Gasteiger partial charge in [-0.15, -0.1) is 0 Å². The second kappa shape index (κ2) is 3.35. The van der Waals surface area contributed by atoms with Crippen LogP contribution in [0.2, 0.25) is 0 Å². The molecule has 2 atom stereocenters. The van der Waals surface area contributed by atoms with Crippen LogP contribution in [-0.2, 0) is 0 Å². The lowest BCUT2D eigenvalue weighted by Gasteiger charge is -2.19. The van der Waals surface area contributed by atoms with E-state index in [2.05, 4.69) is 19.2 Å². The van der Waals surface area contributed by atoms with Crippen molar-refractivity contribution < 1.29 is 0 Å². The number of nitrogens with one attached hydrogen (secondary N) is 1. The van der Waals surface area contributed by atoms with Crippen molar-refractivity contribution in [3.8, 4) is 0 Å². The molecular weight excluding hydrogens is 124 g/mol. The highest BCUT2D eigenvalue weighted by atomic mass is 15.0. The number of nitrogens with two attached hydrogens (primary N) is 1. The molecule has 0 amide bonds. The van der Waals surface area contributed by atoms with Gasteiger partial charge in [-0.3, -0.25) is 0 Å². The molecule has 0 bridgehead atoms. The Morgan fingerprint density at radius 1 is 1.40 bits per heavy atom. The van der Waals surface area contributed by atoms with Crippen LogP contribution in [0.15, 0.2) is 0 Å². The SMILES string of the molecule is CC(C)N[C@H]1CCC[C@H]1N. The summed E-state index contributed by atoms with van der Waals surface area (Å²) in [5.41, 5.74) is 5.86. The third-order valence-electron chi connectivity index (χ3n) is 2.12. The standard InChI is InChI=1S/C8H18N2/c1-6(2)10-8-5-3-4-7(8)9/h6-8,10H,3-5,9H2,1-2H3/t7-,8+/m1/s1. The van der Waals surface area contributed by atoms with Gasteiger partial charge in [-0.05, 0) is 12.8 Å². The van der Waals surface area contributed by atoms with Gasteiger partial charge in [0.25, 0.3) is 0 Å². The Hall–Kier alpha value is -0.0800. The van der Waals surface area contributed by atoms with Crippen molar-refractivity contribution in [2.45, 2.75) is 51.2 Å². The summed E-state index contributed by atoms with van der Waals surface area (Å²) < 4.78 is 0. The average molecular weight is 142 g/mol. The van der Waals surface area contributed by atoms with E-state index in [1.807, 2.05) is 0 Å². The fourth-order valence-corrected chi connectivity index (χ4v) is 1.62. The summed E-state index contributed by atoms with van der Waals surface area (Å²) in [6.07, 6.45) is 3.76. The van der Waals surface area contributed by atoms with E-state index >= 15 is 0 Å². The Labute approximate surface area is 63.2 Å². The van der Waals surface area contributed by atoms with Gasteiger partial charge in [-0.2, -0.15) is 0 Å². The molecule has 10 heavy (non-hydrogen) atoms. The summed E-state index contributed by atoms with van der Waals surface area (Å²) in [5, 5.41) is 3.47. The lowest BCUT2D eigenvalue weighted by molar-refractivity contribution is 0.435. The van der Waals surface area contributed by atoms with Crippen molar-refractivity contribution >= 4 is 0 Å². The molecule has 1 aliphatic carbocycles. The van der Waals surface area contributed by atoms with Crippen molar-refractivity contribution in [1.82, 2.24) is 5.32 Å². The fraction of sp³-hybridized carbons (Fsp3) is 1.00. The zero-order valence-electron chi connectivity index (χ0n) is 6.93. The van der Waals surface area contributed by atoms with Crippen LogP contribution < -0.4 is 11.1 Å². The maximum Gasteiger partial charge on any atom is 0.0221 e. The topological polar surface area (TPSA) is 38.0 Å². The summed E-state index contributed by atoms with van der Waals surface area (Å²) in [6.45, 7) is 4.34. The van der Waals surface area contributed by atoms with E-state index in [0.29, 0.717) is 18.1 Å². The van der Waals surface area contributed by atoms with Gasteiger partial charge in [0.15, 0.2) is 0 Å². The first kappa shape index (κ1) is 8.02. The molecule has 0 spiro atoms. The van der Waals surface area contributed by atoms with Gasteiger partial charge in [0.2, 0.25) is 0 Å². The average Bonchev–Trinajstić information content (AvgIpc) is 2.15. The van der Waals surface area contributed by atoms with Gasteiger partial charge in [0.05, 0.1) is 0 Å². The Kier molecular flexibility index (Phi) is 2.69. The van der Waals surface area contributed by atoms with Gasteiger partial charge < -0.3 is 11.1 Å². The van der Waals surface area contributed by atoms with E-state index in [1.54, 1.807) is 0 Å². The lowest BCUT2D eigenvalue weighted by atomic mass is 10.1. The second-order valence-corrected chi connectivity index (χ2v) is 3.52. The molecule has 0 aromatic heterocycles. The van der Waals surface area contributed by atoms with Crippen molar-refractivity contribution in [1.29, 1.82) is 0 Å². The van der Waals surface area contributed by atoms with Crippen LogP contribution in [0.25, 0.3) is 0 Å². The van der Waals surface area contributed by atoms with Crippen LogP contribution in [0.3, 0.4) is 0 Å². The minimum absolute atomic E-state index is 0.405. The minimum atomic E-state index is 0.405. The molecule has 1 saturated carbocycles. The quantitative estimate of drug-likeness (QED) is 0.600. The molecule has 0 saturated heterocycles. The van der Waals surface area contributed by atoms with E-state index in [0.717, 1.165) is 0 Å². The third kappa shape index (κ3) is 1.96. The molecule has 1 aliphatic rings. The predicted molar refractivity (Wildman–Crippen MR) is 43.9 cm³/mol. The summed E-state index contributed by atoms with van der Waals surface area (Å²) in [4.78, 5) is 0. The Morgan fingerprint density at radius 2 is 2.10 bits per heavy atom. The van der Waals surface area contributed by atoms with Crippen LogP contribution in [0, 0.1) is 0 Å². The van der Waals surface area contributed by atoms with E-state index in [9.17, 15) is 0 Å². The first-order valence-electron chi connectivity index (χ1n) is 4.22. The molecule has 1 rings (SSSR count). The maximum absolute atomic E-state index is 5.86. The van der Waals surface area contributed by atoms with Crippen molar-refractivity contribution in [2.75, 3.05) is 0 Å². The molecule has 0 heterocycles. The van der Waals surface area contributed by atoms with Crippen LogP contribution >= 0.6 is 0 Å². The highest BCUT2D eigenvalue weighted by molar-refractivity contribution is 4.86. The van der Waals surface area contributed by atoms with E-state index < -0.39 is 0 Å². The number of hydrogen-bond donors (Lipinski definition) is 2. The van der Waals surface area contributed by atoms with Crippen molar-refractivity contribution in [3.05, 3.63) is 0 Å². The molecule has 0 aliphatic heterocycles. The maximum atomic E-state index is 5.86. The molecular formula is C8H18N2. The van der Waals surface area contributed by atoms with Crippen LogP contribution in [0.4, 0.5) is 0 Å². The van der Waals surface area contributed by atoms with E-state index in [4.69, 9.17) is 5.73 Å². The van der Waals surface area contributed by atoms with Crippen molar-refractivity contribution in [3.63, 3.8) is 0 Å².